The zero-order valence-electron chi connectivity index (χ0n) is 13.9. The highest BCUT2D eigenvalue weighted by molar-refractivity contribution is 6.29. The number of aromatic nitrogens is 2. The molecule has 0 radical (unpaired) electrons. The first kappa shape index (κ1) is 17.8. The molecule has 0 spiro atoms. The number of nitrogens with one attached hydrogen (secondary N) is 2. The molecular formula is C16H25ClN4O2. The van der Waals surface area contributed by atoms with Crippen LogP contribution in [-0.4, -0.2) is 34.2 Å². The average Bonchev–Trinajstić information content (AvgIpc) is 2.44. The topological polar surface area (TPSA) is 76.1 Å². The van der Waals surface area contributed by atoms with Crippen LogP contribution in [0.2, 0.25) is 5.15 Å². The molecule has 1 amide bonds. The Balaban J connectivity index is 1.69. The van der Waals surface area contributed by atoms with Crippen molar-refractivity contribution in [2.45, 2.75) is 58.1 Å². The van der Waals surface area contributed by atoms with Crippen LogP contribution in [0.1, 0.15) is 46.5 Å². The maximum atomic E-state index is 11.8. The fraction of sp³-hybridized carbons (Fsp3) is 0.688. The predicted molar refractivity (Wildman–Crippen MR) is 90.6 cm³/mol. The summed E-state index contributed by atoms with van der Waals surface area (Å²) in [5.74, 6) is 1.26. The van der Waals surface area contributed by atoms with E-state index in [-0.39, 0.29) is 12.1 Å². The first-order valence-corrected chi connectivity index (χ1v) is 8.40. The monoisotopic (exact) mass is 340 g/mol. The second kappa shape index (κ2) is 7.81. The highest BCUT2D eigenvalue weighted by Gasteiger charge is 2.24. The van der Waals surface area contributed by atoms with Gasteiger partial charge in [0.2, 0.25) is 0 Å². The largest absolute Gasteiger partial charge is 0.444 e. The number of hydrogen-bond donors (Lipinski definition) is 2. The summed E-state index contributed by atoms with van der Waals surface area (Å²) in [6.45, 7) is 6.45. The van der Waals surface area contributed by atoms with Gasteiger partial charge >= 0.3 is 6.09 Å². The smallest absolute Gasteiger partial charge is 0.407 e. The molecule has 0 unspecified atom stereocenters. The Morgan fingerprint density at radius 1 is 1.30 bits per heavy atom. The number of ether oxygens (including phenoxy) is 1. The lowest BCUT2D eigenvalue weighted by molar-refractivity contribution is 0.0488. The molecule has 1 heterocycles. The third kappa shape index (κ3) is 6.60. The van der Waals surface area contributed by atoms with Crippen molar-refractivity contribution in [3.63, 3.8) is 0 Å². The van der Waals surface area contributed by atoms with E-state index in [0.29, 0.717) is 16.9 Å². The minimum atomic E-state index is -0.455. The molecule has 23 heavy (non-hydrogen) atoms. The molecule has 6 nitrogen and oxygen atoms in total. The molecule has 1 fully saturated rings. The molecule has 2 rings (SSSR count). The summed E-state index contributed by atoms with van der Waals surface area (Å²) in [5, 5.41) is 6.62. The van der Waals surface area contributed by atoms with Gasteiger partial charge < -0.3 is 15.4 Å². The van der Waals surface area contributed by atoms with E-state index in [1.54, 1.807) is 6.20 Å². The van der Waals surface area contributed by atoms with Crippen molar-refractivity contribution < 1.29 is 9.53 Å². The van der Waals surface area contributed by atoms with Gasteiger partial charge in [0.1, 0.15) is 16.6 Å². The third-order valence-corrected chi connectivity index (χ3v) is 3.93. The van der Waals surface area contributed by atoms with E-state index in [4.69, 9.17) is 16.3 Å². The molecule has 1 aliphatic carbocycles. The Hall–Kier alpha value is -1.56. The number of carbonyl (C=O) groups excluding carboxylic acids is 1. The van der Waals surface area contributed by atoms with Crippen molar-refractivity contribution in [2.75, 3.05) is 11.9 Å². The number of amides is 1. The van der Waals surface area contributed by atoms with Crippen LogP contribution in [0.15, 0.2) is 12.4 Å². The van der Waals surface area contributed by atoms with Gasteiger partial charge in [-0.15, -0.1) is 0 Å². The molecule has 0 aliphatic heterocycles. The number of rotatable bonds is 4. The van der Waals surface area contributed by atoms with Crippen LogP contribution in [0, 0.1) is 5.92 Å². The van der Waals surface area contributed by atoms with E-state index in [1.165, 1.54) is 6.20 Å². The molecule has 128 valence electrons. The highest BCUT2D eigenvalue weighted by atomic mass is 35.5. The molecule has 1 aliphatic rings. The van der Waals surface area contributed by atoms with Gasteiger partial charge in [-0.3, -0.25) is 4.98 Å². The maximum Gasteiger partial charge on any atom is 0.407 e. The summed E-state index contributed by atoms with van der Waals surface area (Å²) in [5.41, 5.74) is -0.455. The second-order valence-electron chi connectivity index (χ2n) is 6.97. The molecule has 1 saturated carbocycles. The first-order valence-electron chi connectivity index (χ1n) is 8.03. The van der Waals surface area contributed by atoms with E-state index < -0.39 is 5.60 Å². The second-order valence-corrected chi connectivity index (χ2v) is 7.36. The highest BCUT2D eigenvalue weighted by Crippen LogP contribution is 2.25. The van der Waals surface area contributed by atoms with Crippen molar-refractivity contribution in [3.8, 4) is 0 Å². The summed E-state index contributed by atoms with van der Waals surface area (Å²) in [6, 6.07) is 0.201. The number of hydrogen-bond acceptors (Lipinski definition) is 5. The number of anilines is 1. The standard InChI is InChI=1S/C16H25ClN4O2/c1-16(2,3)23-15(22)20-12-6-4-11(5-7-12)8-19-14-10-18-9-13(17)21-14/h9-12H,4-8H2,1-3H3,(H,19,21)(H,20,22). The van der Waals surface area contributed by atoms with E-state index in [2.05, 4.69) is 20.6 Å². The minimum Gasteiger partial charge on any atom is -0.444 e. The van der Waals surface area contributed by atoms with Gasteiger partial charge in [0.25, 0.3) is 0 Å². The molecule has 0 bridgehead atoms. The Morgan fingerprint density at radius 3 is 2.61 bits per heavy atom. The van der Waals surface area contributed by atoms with E-state index in [1.807, 2.05) is 20.8 Å². The number of nitrogens with zero attached hydrogens (tertiary/aromatic N) is 2. The molecule has 0 aromatic carbocycles. The van der Waals surface area contributed by atoms with Crippen molar-refractivity contribution in [2.24, 2.45) is 5.92 Å². The zero-order valence-corrected chi connectivity index (χ0v) is 14.7. The summed E-state index contributed by atoms with van der Waals surface area (Å²) < 4.78 is 5.29. The summed E-state index contributed by atoms with van der Waals surface area (Å²) in [4.78, 5) is 19.9. The van der Waals surface area contributed by atoms with Crippen LogP contribution in [0.25, 0.3) is 0 Å². The van der Waals surface area contributed by atoms with Crippen molar-refractivity contribution in [1.82, 2.24) is 15.3 Å². The fourth-order valence-electron chi connectivity index (χ4n) is 2.66. The van der Waals surface area contributed by atoms with Crippen LogP contribution in [-0.2, 0) is 4.74 Å². The summed E-state index contributed by atoms with van der Waals surface area (Å²) >= 11 is 5.81. The molecule has 2 N–H and O–H groups in total. The molecule has 1 aromatic heterocycles. The SMILES string of the molecule is CC(C)(C)OC(=O)NC1CCC(CNc2cncc(Cl)n2)CC1. The van der Waals surface area contributed by atoms with E-state index >= 15 is 0 Å². The van der Waals surface area contributed by atoms with Crippen molar-refractivity contribution >= 4 is 23.5 Å². The zero-order chi connectivity index (χ0) is 16.9. The molecule has 0 saturated heterocycles. The van der Waals surface area contributed by atoms with Crippen LogP contribution in [0.4, 0.5) is 10.6 Å². The van der Waals surface area contributed by atoms with Gasteiger partial charge in [-0.25, -0.2) is 9.78 Å². The van der Waals surface area contributed by atoms with Gasteiger partial charge in [-0.05, 0) is 52.4 Å². The third-order valence-electron chi connectivity index (χ3n) is 3.74. The summed E-state index contributed by atoms with van der Waals surface area (Å²) in [7, 11) is 0. The quantitative estimate of drug-likeness (QED) is 0.875. The lowest BCUT2D eigenvalue weighted by Gasteiger charge is -2.30. The Labute approximate surface area is 142 Å². The van der Waals surface area contributed by atoms with Crippen LogP contribution in [0.5, 0.6) is 0 Å². The Kier molecular flexibility index (Phi) is 6.04. The summed E-state index contributed by atoms with van der Waals surface area (Å²) in [6.07, 6.45) is 6.90. The van der Waals surface area contributed by atoms with Gasteiger partial charge in [-0.1, -0.05) is 11.6 Å². The molecule has 7 heteroatoms. The molecule has 1 aromatic rings. The van der Waals surface area contributed by atoms with Crippen LogP contribution in [0.3, 0.4) is 0 Å². The molecular weight excluding hydrogens is 316 g/mol. The van der Waals surface area contributed by atoms with E-state index in [0.717, 1.165) is 32.2 Å². The van der Waals surface area contributed by atoms with Crippen molar-refractivity contribution in [1.29, 1.82) is 0 Å². The number of halogens is 1. The van der Waals surface area contributed by atoms with Crippen molar-refractivity contribution in [3.05, 3.63) is 17.5 Å². The van der Waals surface area contributed by atoms with Crippen LogP contribution >= 0.6 is 11.6 Å². The fourth-order valence-corrected chi connectivity index (χ4v) is 2.81. The predicted octanol–water partition coefficient (Wildman–Crippen LogP) is 3.63. The van der Waals surface area contributed by atoms with Gasteiger partial charge in [0.15, 0.2) is 0 Å². The lowest BCUT2D eigenvalue weighted by atomic mass is 9.86. The normalized spacial score (nSPS) is 21.6. The molecule has 0 atom stereocenters. The van der Waals surface area contributed by atoms with Crippen LogP contribution < -0.4 is 10.6 Å². The van der Waals surface area contributed by atoms with Gasteiger partial charge in [0, 0.05) is 12.6 Å². The van der Waals surface area contributed by atoms with Gasteiger partial charge in [0.05, 0.1) is 12.4 Å². The van der Waals surface area contributed by atoms with E-state index in [9.17, 15) is 4.79 Å². The Bertz CT molecular complexity index is 525. The average molecular weight is 341 g/mol. The first-order chi connectivity index (χ1) is 10.8. The lowest BCUT2D eigenvalue weighted by Crippen LogP contribution is -2.41. The Morgan fingerprint density at radius 2 is 2.00 bits per heavy atom. The maximum absolute atomic E-state index is 11.8. The number of carbonyl (C=O) groups is 1. The van der Waals surface area contributed by atoms with Gasteiger partial charge in [-0.2, -0.15) is 0 Å². The minimum absolute atomic E-state index is 0.201. The number of alkyl carbamates (subject to hydrolysis) is 1.